The van der Waals surface area contributed by atoms with E-state index >= 15 is 0 Å². The van der Waals surface area contributed by atoms with Gasteiger partial charge < -0.3 is 19.1 Å². The number of fused-ring (bicyclic) bond motifs is 1. The third-order valence-corrected chi connectivity index (χ3v) is 7.33. The Bertz CT molecular complexity index is 1780. The molecule has 3 heterocycles. The summed E-state index contributed by atoms with van der Waals surface area (Å²) < 4.78 is 13.2. The van der Waals surface area contributed by atoms with Gasteiger partial charge in [-0.25, -0.2) is 9.79 Å². The maximum Gasteiger partial charge on any atom is 0.338 e. The number of thiazole rings is 1. The summed E-state index contributed by atoms with van der Waals surface area (Å²) in [5, 5.41) is 11.4. The van der Waals surface area contributed by atoms with Crippen molar-refractivity contribution < 1.29 is 23.8 Å². The number of rotatable bonds is 6. The fourth-order valence-corrected chi connectivity index (χ4v) is 5.60. The second-order valence-electron chi connectivity index (χ2n) is 8.68. The van der Waals surface area contributed by atoms with E-state index in [-0.39, 0.29) is 17.7 Å². The molecule has 4 aromatic rings. The van der Waals surface area contributed by atoms with E-state index in [9.17, 15) is 19.5 Å². The smallest absolute Gasteiger partial charge is 0.338 e. The molecular formula is C29H23N2O6S-. The Morgan fingerprint density at radius 3 is 2.58 bits per heavy atom. The normalized spacial score (nSPS) is 15.2. The fraction of sp³-hybridized carbons (Fsp3) is 0.172. The van der Waals surface area contributed by atoms with Gasteiger partial charge in [-0.05, 0) is 44.0 Å². The van der Waals surface area contributed by atoms with Gasteiger partial charge in [0.05, 0.1) is 34.4 Å². The molecule has 0 aliphatic carbocycles. The van der Waals surface area contributed by atoms with Crippen LogP contribution in [0.1, 0.15) is 47.1 Å². The minimum Gasteiger partial charge on any atom is -0.545 e. The van der Waals surface area contributed by atoms with Crippen molar-refractivity contribution in [2.45, 2.75) is 26.8 Å². The molecular weight excluding hydrogens is 504 g/mol. The first-order valence-electron chi connectivity index (χ1n) is 12.0. The van der Waals surface area contributed by atoms with Crippen molar-refractivity contribution in [3.8, 4) is 11.3 Å². The number of carbonyl (C=O) groups is 2. The van der Waals surface area contributed by atoms with Crippen LogP contribution in [0.15, 0.2) is 86.1 Å². The lowest BCUT2D eigenvalue weighted by Crippen LogP contribution is -2.39. The summed E-state index contributed by atoms with van der Waals surface area (Å²) in [7, 11) is 0. The van der Waals surface area contributed by atoms with Crippen molar-refractivity contribution in [1.82, 2.24) is 4.57 Å². The number of aromatic nitrogens is 1. The predicted molar refractivity (Wildman–Crippen MR) is 140 cm³/mol. The number of carboxylic acids is 1. The zero-order valence-electron chi connectivity index (χ0n) is 20.9. The second kappa shape index (κ2) is 10.1. The fourth-order valence-electron chi connectivity index (χ4n) is 4.57. The van der Waals surface area contributed by atoms with Crippen LogP contribution in [0.3, 0.4) is 0 Å². The quantitative estimate of drug-likeness (QED) is 0.356. The van der Waals surface area contributed by atoms with Gasteiger partial charge in [-0.2, -0.15) is 0 Å². The van der Waals surface area contributed by atoms with Crippen LogP contribution in [0.25, 0.3) is 17.4 Å². The average molecular weight is 528 g/mol. The van der Waals surface area contributed by atoms with Gasteiger partial charge in [0.1, 0.15) is 11.5 Å². The number of nitrogens with zero attached hydrogens (tertiary/aromatic N) is 2. The highest BCUT2D eigenvalue weighted by Gasteiger charge is 2.33. The molecule has 8 nitrogen and oxygen atoms in total. The molecule has 1 atom stereocenters. The summed E-state index contributed by atoms with van der Waals surface area (Å²) in [5.41, 5.74) is 2.49. The molecule has 0 amide bonds. The molecule has 0 unspecified atom stereocenters. The summed E-state index contributed by atoms with van der Waals surface area (Å²) >= 11 is 1.20. The standard InChI is InChI=1S/C29H24N2O6S/c1-4-36-28(35)24-17(3)30-29-31(25(24)18-9-6-5-7-10-18)26(32)23(38-29)15-19-13-14-22(37-19)20-11-8-12-21(16(20)2)27(33)34/h5-15,25H,4H2,1-3H3,(H,33,34)/p-1/b23-15-/t25-/m1/s1. The molecule has 0 N–H and O–H groups in total. The van der Waals surface area contributed by atoms with E-state index in [0.717, 1.165) is 5.56 Å². The summed E-state index contributed by atoms with van der Waals surface area (Å²) in [6, 6.07) is 16.9. The van der Waals surface area contributed by atoms with Crippen LogP contribution in [0.2, 0.25) is 0 Å². The van der Waals surface area contributed by atoms with Gasteiger partial charge >= 0.3 is 5.97 Å². The van der Waals surface area contributed by atoms with E-state index in [2.05, 4.69) is 4.99 Å². The number of carboxylic acid groups (broad SMARTS) is 1. The molecule has 1 aliphatic heterocycles. The molecule has 2 aromatic heterocycles. The number of carbonyl (C=O) groups excluding carboxylic acids is 2. The topological polar surface area (TPSA) is 114 Å². The summed E-state index contributed by atoms with van der Waals surface area (Å²) in [4.78, 5) is 43.1. The first-order chi connectivity index (χ1) is 18.3. The first kappa shape index (κ1) is 25.2. The molecule has 192 valence electrons. The third-order valence-electron chi connectivity index (χ3n) is 6.35. The number of esters is 1. The Hall–Kier alpha value is -4.50. The Kier molecular flexibility index (Phi) is 6.69. The molecule has 0 spiro atoms. The number of aromatic carboxylic acids is 1. The van der Waals surface area contributed by atoms with Crippen LogP contribution >= 0.6 is 11.3 Å². The third kappa shape index (κ3) is 4.41. The Morgan fingerprint density at radius 2 is 1.87 bits per heavy atom. The summed E-state index contributed by atoms with van der Waals surface area (Å²) in [6.07, 6.45) is 1.62. The summed E-state index contributed by atoms with van der Waals surface area (Å²) in [5.74, 6) is -0.891. The highest BCUT2D eigenvalue weighted by atomic mass is 32.1. The van der Waals surface area contributed by atoms with E-state index in [1.807, 2.05) is 30.3 Å². The minimum atomic E-state index is -1.26. The lowest BCUT2D eigenvalue weighted by atomic mass is 9.96. The average Bonchev–Trinajstić information content (AvgIpc) is 3.48. The molecule has 0 radical (unpaired) electrons. The van der Waals surface area contributed by atoms with Crippen molar-refractivity contribution in [3.05, 3.63) is 114 Å². The van der Waals surface area contributed by atoms with Crippen molar-refractivity contribution in [1.29, 1.82) is 0 Å². The zero-order chi connectivity index (χ0) is 27.0. The van der Waals surface area contributed by atoms with Crippen LogP contribution < -0.4 is 20.0 Å². The number of hydrogen-bond donors (Lipinski definition) is 0. The van der Waals surface area contributed by atoms with E-state index in [1.54, 1.807) is 51.1 Å². The van der Waals surface area contributed by atoms with Crippen LogP contribution in [-0.2, 0) is 9.53 Å². The monoisotopic (exact) mass is 527 g/mol. The Balaban J connectivity index is 1.62. The van der Waals surface area contributed by atoms with E-state index < -0.39 is 18.0 Å². The molecule has 2 aromatic carbocycles. The van der Waals surface area contributed by atoms with Crippen LogP contribution in [0.5, 0.6) is 0 Å². The highest BCUT2D eigenvalue weighted by Crippen LogP contribution is 2.31. The molecule has 0 saturated heterocycles. The summed E-state index contributed by atoms with van der Waals surface area (Å²) in [6.45, 7) is 5.36. The molecule has 5 rings (SSSR count). The molecule has 0 bridgehead atoms. The van der Waals surface area contributed by atoms with Crippen molar-refractivity contribution in [2.75, 3.05) is 6.61 Å². The predicted octanol–water partition coefficient (Wildman–Crippen LogP) is 2.73. The van der Waals surface area contributed by atoms with Gasteiger partial charge in [0.2, 0.25) is 0 Å². The number of allylic oxidation sites excluding steroid dienone is 1. The molecule has 0 fully saturated rings. The van der Waals surface area contributed by atoms with Crippen LogP contribution in [0.4, 0.5) is 0 Å². The first-order valence-corrected chi connectivity index (χ1v) is 12.8. The lowest BCUT2D eigenvalue weighted by Gasteiger charge is -2.24. The second-order valence-corrected chi connectivity index (χ2v) is 9.69. The van der Waals surface area contributed by atoms with Gasteiger partial charge in [0.25, 0.3) is 5.56 Å². The van der Waals surface area contributed by atoms with E-state index in [0.29, 0.717) is 43.3 Å². The Labute approximate surface area is 221 Å². The van der Waals surface area contributed by atoms with Gasteiger partial charge in [-0.1, -0.05) is 59.9 Å². The molecule has 1 aliphatic rings. The van der Waals surface area contributed by atoms with Gasteiger partial charge in [0.15, 0.2) is 4.80 Å². The van der Waals surface area contributed by atoms with Crippen LogP contribution in [0, 0.1) is 6.92 Å². The van der Waals surface area contributed by atoms with Gasteiger partial charge in [-0.15, -0.1) is 0 Å². The molecule has 0 saturated carbocycles. The lowest BCUT2D eigenvalue weighted by molar-refractivity contribution is -0.255. The minimum absolute atomic E-state index is 0.0856. The largest absolute Gasteiger partial charge is 0.545 e. The SMILES string of the molecule is CCOC(=O)C1=C(C)N=c2s/c(=C\c3ccc(-c4cccc(C(=O)[O-])c4C)o3)c(=O)n2[C@@H]1c1ccccc1. The molecule has 9 heteroatoms. The number of furan rings is 1. The van der Waals surface area contributed by atoms with Crippen molar-refractivity contribution in [2.24, 2.45) is 4.99 Å². The van der Waals surface area contributed by atoms with Gasteiger partial charge in [-0.3, -0.25) is 9.36 Å². The highest BCUT2D eigenvalue weighted by molar-refractivity contribution is 7.07. The zero-order valence-corrected chi connectivity index (χ0v) is 21.7. The maximum atomic E-state index is 13.7. The molecule has 38 heavy (non-hydrogen) atoms. The Morgan fingerprint density at radius 1 is 1.11 bits per heavy atom. The number of hydrogen-bond acceptors (Lipinski definition) is 8. The number of benzene rings is 2. The van der Waals surface area contributed by atoms with E-state index in [1.165, 1.54) is 22.0 Å². The number of ether oxygens (including phenoxy) is 1. The van der Waals surface area contributed by atoms with E-state index in [4.69, 9.17) is 9.15 Å². The van der Waals surface area contributed by atoms with Crippen molar-refractivity contribution in [3.63, 3.8) is 0 Å². The van der Waals surface area contributed by atoms with Crippen LogP contribution in [-0.4, -0.2) is 23.1 Å². The van der Waals surface area contributed by atoms with Gasteiger partial charge in [0, 0.05) is 17.2 Å². The maximum absolute atomic E-state index is 13.7. The van der Waals surface area contributed by atoms with Crippen molar-refractivity contribution >= 4 is 29.4 Å².